The van der Waals surface area contributed by atoms with Gasteiger partial charge in [0, 0.05) is 50.4 Å². The number of rotatable bonds is 5. The van der Waals surface area contributed by atoms with E-state index < -0.39 is 0 Å². The van der Waals surface area contributed by atoms with E-state index >= 15 is 0 Å². The van der Waals surface area contributed by atoms with Crippen molar-refractivity contribution in [2.24, 2.45) is 11.7 Å². The van der Waals surface area contributed by atoms with E-state index in [4.69, 9.17) is 10.5 Å². The molecule has 28 heavy (non-hydrogen) atoms. The molecule has 2 bridgehead atoms. The first-order valence-corrected chi connectivity index (χ1v) is 10.1. The molecule has 0 spiro atoms. The molecule has 0 unspecified atom stereocenters. The summed E-state index contributed by atoms with van der Waals surface area (Å²) >= 11 is 0. The summed E-state index contributed by atoms with van der Waals surface area (Å²) in [6.07, 6.45) is 4.95. The van der Waals surface area contributed by atoms with Gasteiger partial charge in [-0.2, -0.15) is 0 Å². The van der Waals surface area contributed by atoms with Crippen LogP contribution in [0.1, 0.15) is 12.8 Å². The molecule has 0 amide bonds. The van der Waals surface area contributed by atoms with Crippen molar-refractivity contribution in [3.8, 4) is 5.75 Å². The van der Waals surface area contributed by atoms with Crippen LogP contribution in [0.25, 0.3) is 21.8 Å². The van der Waals surface area contributed by atoms with Crippen LogP contribution in [0.2, 0.25) is 0 Å². The minimum atomic E-state index is 0. The maximum Gasteiger partial charge on any atom is 0.121 e. The summed E-state index contributed by atoms with van der Waals surface area (Å²) < 4.78 is 8.42. The van der Waals surface area contributed by atoms with Crippen LogP contribution >= 0.6 is 0 Å². The zero-order valence-electron chi connectivity index (χ0n) is 16.3. The lowest BCUT2D eigenvalue weighted by atomic mass is 9.84. The van der Waals surface area contributed by atoms with Crippen molar-refractivity contribution in [1.82, 2.24) is 9.47 Å². The van der Waals surface area contributed by atoms with Crippen LogP contribution in [-0.4, -0.2) is 50.7 Å². The molecule has 4 heterocycles. The SMILES string of the molecule is NCCn1c2ccccc2c2ccc(OCC=C3CN4CCC3CC4)cc21.[B]. The van der Waals surface area contributed by atoms with Gasteiger partial charge in [-0.25, -0.2) is 0 Å². The Labute approximate surface area is 168 Å². The first-order valence-electron chi connectivity index (χ1n) is 10.1. The summed E-state index contributed by atoms with van der Waals surface area (Å²) in [5.74, 6) is 1.72. The summed E-state index contributed by atoms with van der Waals surface area (Å²) in [7, 11) is 0. The molecular formula is C23H27BN3O. The number of ether oxygens (including phenoxy) is 1. The Morgan fingerprint density at radius 2 is 1.82 bits per heavy atom. The van der Waals surface area contributed by atoms with Crippen LogP contribution in [0, 0.1) is 5.92 Å². The first kappa shape index (κ1) is 19.1. The molecule has 3 aromatic rings. The molecular weight excluding hydrogens is 345 g/mol. The third-order valence-corrected chi connectivity index (χ3v) is 6.21. The number of nitrogens with two attached hydrogens (primary N) is 1. The number of piperidine rings is 3. The standard InChI is InChI=1S/C23H27N3O.B/c24-10-13-26-22-4-2-1-3-20(22)21-6-5-19(15-23(21)26)27-14-9-18-16-25-11-7-17(18)8-12-25;/h1-6,9,15,17H,7-8,10-14,16,24H2;. The lowest BCUT2D eigenvalue weighted by Crippen LogP contribution is -2.43. The van der Waals surface area contributed by atoms with E-state index in [1.54, 1.807) is 5.57 Å². The molecule has 0 saturated carbocycles. The largest absolute Gasteiger partial charge is 0.489 e. The molecule has 1 aromatic heterocycles. The molecule has 3 aliphatic rings. The Kier molecular flexibility index (Phi) is 5.47. The molecule has 4 nitrogen and oxygen atoms in total. The van der Waals surface area contributed by atoms with Crippen LogP contribution in [0.4, 0.5) is 0 Å². The molecule has 3 saturated heterocycles. The van der Waals surface area contributed by atoms with Gasteiger partial charge >= 0.3 is 0 Å². The van der Waals surface area contributed by atoms with Gasteiger partial charge in [0.05, 0.1) is 5.52 Å². The van der Waals surface area contributed by atoms with Crippen molar-refractivity contribution < 1.29 is 4.74 Å². The normalized spacial score (nSPS) is 22.7. The summed E-state index contributed by atoms with van der Waals surface area (Å²) in [5, 5.41) is 2.55. The van der Waals surface area contributed by atoms with E-state index in [-0.39, 0.29) is 8.41 Å². The Balaban J connectivity index is 0.00000192. The second kappa shape index (κ2) is 8.02. The number of nitrogens with zero attached hydrogens (tertiary/aromatic N) is 2. The van der Waals surface area contributed by atoms with Crippen molar-refractivity contribution >= 4 is 30.2 Å². The average molecular weight is 372 g/mol. The topological polar surface area (TPSA) is 43.4 Å². The molecule has 6 rings (SSSR count). The molecule has 3 fully saturated rings. The van der Waals surface area contributed by atoms with Crippen LogP contribution in [0.5, 0.6) is 5.75 Å². The fourth-order valence-electron chi connectivity index (χ4n) is 4.81. The third kappa shape index (κ3) is 3.34. The minimum absolute atomic E-state index is 0. The Hall–Kier alpha value is -2.24. The fourth-order valence-corrected chi connectivity index (χ4v) is 4.81. The maximum absolute atomic E-state index is 6.11. The van der Waals surface area contributed by atoms with Crippen LogP contribution in [0.3, 0.4) is 0 Å². The third-order valence-electron chi connectivity index (χ3n) is 6.21. The molecule has 2 N–H and O–H groups in total. The molecule has 3 radical (unpaired) electrons. The Morgan fingerprint density at radius 3 is 2.57 bits per heavy atom. The highest BCUT2D eigenvalue weighted by molar-refractivity contribution is 6.08. The predicted octanol–water partition coefficient (Wildman–Crippen LogP) is 3.40. The van der Waals surface area contributed by atoms with Crippen molar-refractivity contribution in [1.29, 1.82) is 0 Å². The first-order chi connectivity index (χ1) is 13.3. The van der Waals surface area contributed by atoms with Gasteiger partial charge in [0.1, 0.15) is 12.4 Å². The van der Waals surface area contributed by atoms with Crippen molar-refractivity contribution in [3.05, 3.63) is 54.1 Å². The lowest BCUT2D eigenvalue weighted by Gasteiger charge is -2.41. The number of hydrogen-bond acceptors (Lipinski definition) is 3. The van der Waals surface area contributed by atoms with E-state index in [0.29, 0.717) is 13.2 Å². The average Bonchev–Trinajstić information content (AvgIpc) is 3.03. The maximum atomic E-state index is 6.11. The van der Waals surface area contributed by atoms with Gasteiger partial charge in [-0.1, -0.05) is 23.8 Å². The van der Waals surface area contributed by atoms with Crippen LogP contribution in [-0.2, 0) is 6.54 Å². The summed E-state index contributed by atoms with van der Waals surface area (Å²) in [5.41, 5.74) is 9.89. The van der Waals surface area contributed by atoms with Gasteiger partial charge in [-0.15, -0.1) is 0 Å². The van der Waals surface area contributed by atoms with Gasteiger partial charge in [0.2, 0.25) is 0 Å². The van der Waals surface area contributed by atoms with Gasteiger partial charge < -0.3 is 15.0 Å². The van der Waals surface area contributed by atoms with Crippen molar-refractivity contribution in [3.63, 3.8) is 0 Å². The van der Waals surface area contributed by atoms with Crippen LogP contribution in [0.15, 0.2) is 54.1 Å². The minimum Gasteiger partial charge on any atom is -0.489 e. The molecule has 0 atom stereocenters. The van der Waals surface area contributed by atoms with Gasteiger partial charge in [-0.05, 0) is 56.1 Å². The monoisotopic (exact) mass is 372 g/mol. The second-order valence-electron chi connectivity index (χ2n) is 7.78. The molecule has 2 aromatic carbocycles. The summed E-state index contributed by atoms with van der Waals surface area (Å²) in [6, 6.07) is 15.0. The van der Waals surface area contributed by atoms with Crippen molar-refractivity contribution in [2.75, 3.05) is 32.8 Å². The van der Waals surface area contributed by atoms with Gasteiger partial charge in [0.15, 0.2) is 0 Å². The highest BCUT2D eigenvalue weighted by Gasteiger charge is 2.28. The molecule has 143 valence electrons. The lowest BCUT2D eigenvalue weighted by molar-refractivity contribution is 0.160. The molecule has 0 aliphatic carbocycles. The van der Waals surface area contributed by atoms with E-state index in [0.717, 1.165) is 24.8 Å². The zero-order valence-corrected chi connectivity index (χ0v) is 16.3. The van der Waals surface area contributed by atoms with E-state index in [1.807, 2.05) is 0 Å². The van der Waals surface area contributed by atoms with E-state index in [2.05, 4.69) is 58.0 Å². The zero-order chi connectivity index (χ0) is 18.2. The van der Waals surface area contributed by atoms with Crippen LogP contribution < -0.4 is 10.5 Å². The Bertz CT molecular complexity index is 1000. The van der Waals surface area contributed by atoms with E-state index in [1.165, 1.54) is 47.7 Å². The smallest absolute Gasteiger partial charge is 0.121 e. The highest BCUT2D eigenvalue weighted by atomic mass is 16.5. The van der Waals surface area contributed by atoms with E-state index in [9.17, 15) is 0 Å². The summed E-state index contributed by atoms with van der Waals surface area (Å²) in [4.78, 5) is 2.56. The Morgan fingerprint density at radius 1 is 1.04 bits per heavy atom. The molecule has 5 heteroatoms. The highest BCUT2D eigenvalue weighted by Crippen LogP contribution is 2.33. The number of fused-ring (bicyclic) bond motifs is 6. The summed E-state index contributed by atoms with van der Waals surface area (Å²) in [6.45, 7) is 5.77. The van der Waals surface area contributed by atoms with Gasteiger partial charge in [-0.3, -0.25) is 4.90 Å². The number of hydrogen-bond donors (Lipinski definition) is 1. The number of benzene rings is 2. The fraction of sp³-hybridized carbons (Fsp3) is 0.391. The quantitative estimate of drug-likeness (QED) is 0.552. The number of para-hydroxylation sites is 1. The number of aromatic nitrogens is 1. The van der Waals surface area contributed by atoms with Gasteiger partial charge in [0.25, 0.3) is 0 Å². The van der Waals surface area contributed by atoms with Crippen molar-refractivity contribution in [2.45, 2.75) is 19.4 Å². The molecule has 3 aliphatic heterocycles. The second-order valence-corrected chi connectivity index (χ2v) is 7.78. The predicted molar refractivity (Wildman–Crippen MR) is 117 cm³/mol.